The highest BCUT2D eigenvalue weighted by atomic mass is 35.5. The zero-order chi connectivity index (χ0) is 15.1. The molecule has 108 valence electrons. The number of ketones is 1. The number of Topliss-reactive ketones (excluding diaryl/α,β-unsaturated/α-hetero) is 1. The molecule has 0 unspecified atom stereocenters. The van der Waals surface area contributed by atoms with Gasteiger partial charge in [0.2, 0.25) is 5.95 Å². The summed E-state index contributed by atoms with van der Waals surface area (Å²) in [6.07, 6.45) is 1.44. The first-order valence-corrected chi connectivity index (χ1v) is 7.08. The topological polar surface area (TPSA) is 59.8 Å². The number of nitrogens with one attached hydrogen (secondary N) is 1. The van der Waals surface area contributed by atoms with Crippen LogP contribution < -0.4 is 5.32 Å². The van der Waals surface area contributed by atoms with Gasteiger partial charge in [0.05, 0.1) is 0 Å². The predicted molar refractivity (Wildman–Crippen MR) is 81.6 cm³/mol. The van der Waals surface area contributed by atoms with Crippen molar-refractivity contribution < 1.29 is 4.79 Å². The van der Waals surface area contributed by atoms with Gasteiger partial charge in [-0.2, -0.15) is 10.1 Å². The van der Waals surface area contributed by atoms with E-state index in [0.29, 0.717) is 21.6 Å². The summed E-state index contributed by atoms with van der Waals surface area (Å²) in [5, 5.41) is 8.32. The van der Waals surface area contributed by atoms with Gasteiger partial charge in [-0.15, -0.1) is 0 Å². The lowest BCUT2D eigenvalue weighted by molar-refractivity contribution is -0.114. The van der Waals surface area contributed by atoms with Crippen LogP contribution in [0.5, 0.6) is 0 Å². The molecule has 0 aliphatic carbocycles. The highest BCUT2D eigenvalue weighted by Gasteiger charge is 2.32. The average molecular weight is 323 g/mol. The molecule has 0 saturated carbocycles. The Morgan fingerprint density at radius 2 is 2.14 bits per heavy atom. The van der Waals surface area contributed by atoms with Crippen molar-refractivity contribution in [2.45, 2.75) is 19.9 Å². The average Bonchev–Trinajstić information content (AvgIpc) is 2.84. The second-order valence-corrected chi connectivity index (χ2v) is 5.66. The molecule has 0 radical (unpaired) electrons. The Kier molecular flexibility index (Phi) is 3.47. The minimum Gasteiger partial charge on any atom is -0.328 e. The fourth-order valence-electron chi connectivity index (χ4n) is 2.56. The van der Waals surface area contributed by atoms with E-state index in [1.165, 1.54) is 13.3 Å². The van der Waals surface area contributed by atoms with Crippen LogP contribution in [0.3, 0.4) is 0 Å². The number of rotatable bonds is 2. The third-order valence-corrected chi connectivity index (χ3v) is 3.99. The van der Waals surface area contributed by atoms with Crippen molar-refractivity contribution in [2.75, 3.05) is 5.32 Å². The van der Waals surface area contributed by atoms with Crippen molar-refractivity contribution in [1.29, 1.82) is 0 Å². The number of benzene rings is 1. The summed E-state index contributed by atoms with van der Waals surface area (Å²) in [5.74, 6) is 0.533. The first kappa shape index (κ1) is 14.1. The van der Waals surface area contributed by atoms with E-state index in [-0.39, 0.29) is 5.78 Å². The third kappa shape index (κ3) is 2.32. The molecule has 0 spiro atoms. The number of hydrogen-bond donors (Lipinski definition) is 1. The second kappa shape index (κ2) is 5.16. The Labute approximate surface area is 131 Å². The molecule has 0 amide bonds. The van der Waals surface area contributed by atoms with Crippen LogP contribution >= 0.6 is 23.2 Å². The molecule has 1 N–H and O–H groups in total. The lowest BCUT2D eigenvalue weighted by Gasteiger charge is -2.28. The van der Waals surface area contributed by atoms with Gasteiger partial charge in [0, 0.05) is 26.9 Å². The molecule has 5 nitrogen and oxygen atoms in total. The van der Waals surface area contributed by atoms with E-state index in [0.717, 1.165) is 11.3 Å². The summed E-state index contributed by atoms with van der Waals surface area (Å²) < 4.78 is 1.65. The van der Waals surface area contributed by atoms with Gasteiger partial charge in [-0.05, 0) is 26.0 Å². The SMILES string of the molecule is CC(=O)C1=C(C)Nc2ncnn2[C@H]1c1ccc(Cl)cc1Cl. The molecule has 3 rings (SSSR count). The van der Waals surface area contributed by atoms with Crippen LogP contribution in [-0.4, -0.2) is 20.5 Å². The predicted octanol–water partition coefficient (Wildman–Crippen LogP) is 3.46. The van der Waals surface area contributed by atoms with Crippen LogP contribution in [0.4, 0.5) is 5.95 Å². The minimum atomic E-state index is -0.411. The van der Waals surface area contributed by atoms with E-state index in [2.05, 4.69) is 15.4 Å². The summed E-state index contributed by atoms with van der Waals surface area (Å²) in [4.78, 5) is 16.2. The zero-order valence-corrected chi connectivity index (χ0v) is 12.9. The number of carbonyl (C=O) groups is 1. The second-order valence-electron chi connectivity index (χ2n) is 4.82. The molecular weight excluding hydrogens is 311 g/mol. The van der Waals surface area contributed by atoms with Crippen molar-refractivity contribution in [3.63, 3.8) is 0 Å². The van der Waals surface area contributed by atoms with Crippen LogP contribution in [0.15, 0.2) is 35.8 Å². The largest absolute Gasteiger partial charge is 0.328 e. The molecular formula is C14H12Cl2N4O. The first-order valence-electron chi connectivity index (χ1n) is 6.32. The van der Waals surface area contributed by atoms with Gasteiger partial charge in [0.1, 0.15) is 12.4 Å². The van der Waals surface area contributed by atoms with Crippen molar-refractivity contribution in [3.05, 3.63) is 51.4 Å². The van der Waals surface area contributed by atoms with Crippen LogP contribution in [0, 0.1) is 0 Å². The number of halogens is 2. The summed E-state index contributed by atoms with van der Waals surface area (Å²) in [5.41, 5.74) is 2.12. The van der Waals surface area contributed by atoms with E-state index in [1.54, 1.807) is 16.8 Å². The van der Waals surface area contributed by atoms with Gasteiger partial charge >= 0.3 is 0 Å². The maximum absolute atomic E-state index is 12.1. The van der Waals surface area contributed by atoms with Gasteiger partial charge in [-0.1, -0.05) is 29.3 Å². The molecule has 2 aromatic rings. The van der Waals surface area contributed by atoms with Gasteiger partial charge in [-0.25, -0.2) is 4.68 Å². The summed E-state index contributed by atoms with van der Waals surface area (Å²) in [7, 11) is 0. The number of hydrogen-bond acceptors (Lipinski definition) is 4. The van der Waals surface area contributed by atoms with Crippen molar-refractivity contribution in [2.24, 2.45) is 0 Å². The highest BCUT2D eigenvalue weighted by Crippen LogP contribution is 2.38. The fourth-order valence-corrected chi connectivity index (χ4v) is 3.07. The Morgan fingerprint density at radius 1 is 1.38 bits per heavy atom. The number of aromatic nitrogens is 3. The molecule has 0 saturated heterocycles. The maximum atomic E-state index is 12.1. The summed E-state index contributed by atoms with van der Waals surface area (Å²) in [6, 6.07) is 4.80. The number of allylic oxidation sites excluding steroid dienone is 2. The smallest absolute Gasteiger partial charge is 0.226 e. The minimum absolute atomic E-state index is 0.0443. The van der Waals surface area contributed by atoms with Gasteiger partial charge < -0.3 is 5.32 Å². The van der Waals surface area contributed by atoms with Crippen LogP contribution in [0.25, 0.3) is 0 Å². The standard InChI is InChI=1S/C14H12Cl2N4O/c1-7-12(8(2)21)13(20-14(19-7)17-6-18-20)10-4-3-9(15)5-11(10)16/h3-6,13H,1-2H3,(H,17,18,19)/t13-/m0/s1. The lowest BCUT2D eigenvalue weighted by atomic mass is 9.93. The Balaban J connectivity index is 2.24. The quantitative estimate of drug-likeness (QED) is 0.919. The molecule has 1 aromatic heterocycles. The highest BCUT2D eigenvalue weighted by molar-refractivity contribution is 6.35. The van der Waals surface area contributed by atoms with Crippen LogP contribution in [-0.2, 0) is 4.79 Å². The molecule has 0 fully saturated rings. The summed E-state index contributed by atoms with van der Waals surface area (Å²) >= 11 is 12.3. The fraction of sp³-hybridized carbons (Fsp3) is 0.214. The van der Waals surface area contributed by atoms with Gasteiger partial charge in [0.15, 0.2) is 5.78 Å². The van der Waals surface area contributed by atoms with Crippen molar-refractivity contribution in [1.82, 2.24) is 14.8 Å². The number of fused-ring (bicyclic) bond motifs is 1. The monoisotopic (exact) mass is 322 g/mol. The van der Waals surface area contributed by atoms with Crippen LogP contribution in [0.2, 0.25) is 10.0 Å². The molecule has 7 heteroatoms. The Morgan fingerprint density at radius 3 is 2.81 bits per heavy atom. The molecule has 1 aliphatic heterocycles. The van der Waals surface area contributed by atoms with Crippen LogP contribution in [0.1, 0.15) is 25.5 Å². The first-order chi connectivity index (χ1) is 9.99. The molecule has 0 bridgehead atoms. The summed E-state index contributed by atoms with van der Waals surface area (Å²) in [6.45, 7) is 3.37. The molecule has 1 aliphatic rings. The number of carbonyl (C=O) groups excluding carboxylic acids is 1. The van der Waals surface area contributed by atoms with E-state index in [4.69, 9.17) is 23.2 Å². The maximum Gasteiger partial charge on any atom is 0.226 e. The molecule has 1 aromatic carbocycles. The normalized spacial score (nSPS) is 17.4. The number of nitrogens with zero attached hydrogens (tertiary/aromatic N) is 3. The molecule has 1 atom stereocenters. The zero-order valence-electron chi connectivity index (χ0n) is 11.4. The van der Waals surface area contributed by atoms with E-state index in [1.807, 2.05) is 13.0 Å². The van der Waals surface area contributed by atoms with Gasteiger partial charge in [0.25, 0.3) is 0 Å². The molecule has 21 heavy (non-hydrogen) atoms. The Hall–Kier alpha value is -1.85. The Bertz CT molecular complexity index is 766. The van der Waals surface area contributed by atoms with E-state index < -0.39 is 6.04 Å². The van der Waals surface area contributed by atoms with E-state index >= 15 is 0 Å². The number of anilines is 1. The molecule has 2 heterocycles. The lowest BCUT2D eigenvalue weighted by Crippen LogP contribution is -2.28. The van der Waals surface area contributed by atoms with Crippen molar-refractivity contribution >= 4 is 34.9 Å². The van der Waals surface area contributed by atoms with Crippen molar-refractivity contribution in [3.8, 4) is 0 Å². The van der Waals surface area contributed by atoms with Gasteiger partial charge in [-0.3, -0.25) is 4.79 Å². The third-order valence-electron chi connectivity index (χ3n) is 3.43. The van der Waals surface area contributed by atoms with E-state index in [9.17, 15) is 4.79 Å².